The van der Waals surface area contributed by atoms with Crippen molar-refractivity contribution in [1.82, 2.24) is 9.13 Å². The van der Waals surface area contributed by atoms with E-state index >= 15 is 0 Å². The highest BCUT2D eigenvalue weighted by Crippen LogP contribution is 2.42. The summed E-state index contributed by atoms with van der Waals surface area (Å²) in [5.41, 5.74) is 19.6. The van der Waals surface area contributed by atoms with Crippen LogP contribution in [0.25, 0.3) is 105 Å². The number of aromatic nitrogens is 2. The lowest BCUT2D eigenvalue weighted by Crippen LogP contribution is -1.96. The molecule has 0 fully saturated rings. The average Bonchev–Trinajstić information content (AvgIpc) is 3.87. The van der Waals surface area contributed by atoms with Gasteiger partial charge in [-0.05, 0) is 117 Å². The summed E-state index contributed by atoms with van der Waals surface area (Å²) in [4.78, 5) is 0. The van der Waals surface area contributed by atoms with Crippen LogP contribution in [0.2, 0.25) is 0 Å². The molecule has 0 N–H and O–H groups in total. The van der Waals surface area contributed by atoms with E-state index in [1.807, 2.05) is 0 Å². The van der Waals surface area contributed by atoms with Gasteiger partial charge in [-0.2, -0.15) is 0 Å². The summed E-state index contributed by atoms with van der Waals surface area (Å²) < 4.78 is 4.90. The Bertz CT molecular complexity index is 3510. The lowest BCUT2D eigenvalue weighted by atomic mass is 9.95. The third kappa shape index (κ3) is 6.03. The summed E-state index contributed by atoms with van der Waals surface area (Å²) in [5, 5.41) is 5.08. The van der Waals surface area contributed by atoms with Gasteiger partial charge in [-0.15, -0.1) is 0 Å². The lowest BCUT2D eigenvalue weighted by molar-refractivity contribution is 1.05. The zero-order chi connectivity index (χ0) is 41.0. The minimum atomic E-state index is 1.06. The van der Waals surface area contributed by atoms with Gasteiger partial charge in [0.2, 0.25) is 0 Å². The summed E-state index contributed by atoms with van der Waals surface area (Å²) in [6.07, 6.45) is 8.87. The van der Waals surface area contributed by atoms with Crippen LogP contribution in [0.4, 0.5) is 0 Å². The van der Waals surface area contributed by atoms with Gasteiger partial charge in [0, 0.05) is 32.9 Å². The van der Waals surface area contributed by atoms with Crippen LogP contribution in [0.5, 0.6) is 0 Å². The smallest absolute Gasteiger partial charge is 0.0547 e. The molecule has 1 aliphatic carbocycles. The first kappa shape index (κ1) is 36.0. The number of allylic oxidation sites excluding steroid dienone is 4. The van der Waals surface area contributed by atoms with E-state index in [1.165, 1.54) is 99.3 Å². The Morgan fingerprint density at radius 1 is 0.323 bits per heavy atom. The largest absolute Gasteiger partial charge is 0.309 e. The van der Waals surface area contributed by atoms with Crippen LogP contribution in [-0.2, 0) is 0 Å². The van der Waals surface area contributed by atoms with Crippen molar-refractivity contribution in [3.8, 4) is 55.9 Å². The molecule has 0 bridgehead atoms. The number of fused-ring (bicyclic) bond motifs is 6. The Morgan fingerprint density at radius 2 is 0.758 bits per heavy atom. The highest BCUT2D eigenvalue weighted by molar-refractivity contribution is 6.17. The van der Waals surface area contributed by atoms with Gasteiger partial charge in [-0.25, -0.2) is 0 Å². The van der Waals surface area contributed by atoms with Crippen molar-refractivity contribution >= 4 is 49.2 Å². The first-order valence-electron chi connectivity index (χ1n) is 21.6. The van der Waals surface area contributed by atoms with E-state index in [1.54, 1.807) is 0 Å². The standard InChI is InChI=1S/C60H42N2/c1-5-15-41(16-6-1)47-31-37-53-57(39-47)61(55-25-13-23-51(59(53)55)45-19-9-3-10-20-45)49-33-27-43(28-34-49)44-29-35-50(36-30-44)62-56-26-14-24-52(46-21-11-4-12-22-46)60(56)54-38-32-48(40-58(54)62)42-17-7-2-8-18-42/h1-7,9-17,19-40H,8,18H2. The first-order valence-corrected chi connectivity index (χ1v) is 21.6. The van der Waals surface area contributed by atoms with Gasteiger partial charge in [0.25, 0.3) is 0 Å². The molecule has 2 nitrogen and oxygen atoms in total. The fraction of sp³-hybridized carbons (Fsp3) is 0.0333. The van der Waals surface area contributed by atoms with Crippen LogP contribution in [0, 0.1) is 0 Å². The molecule has 1 aliphatic rings. The Morgan fingerprint density at radius 3 is 1.24 bits per heavy atom. The number of nitrogens with zero attached hydrogens (tertiary/aromatic N) is 2. The Labute approximate surface area is 361 Å². The molecular weight excluding hydrogens is 749 g/mol. The molecule has 62 heavy (non-hydrogen) atoms. The zero-order valence-corrected chi connectivity index (χ0v) is 34.2. The molecule has 9 aromatic carbocycles. The molecule has 0 spiro atoms. The molecule has 0 aliphatic heterocycles. The molecule has 0 atom stereocenters. The van der Waals surface area contributed by atoms with E-state index < -0.39 is 0 Å². The van der Waals surface area contributed by atoms with Crippen molar-refractivity contribution < 1.29 is 0 Å². The predicted molar refractivity (Wildman–Crippen MR) is 263 cm³/mol. The van der Waals surface area contributed by atoms with Gasteiger partial charge in [0.05, 0.1) is 22.1 Å². The van der Waals surface area contributed by atoms with Gasteiger partial charge < -0.3 is 9.13 Å². The van der Waals surface area contributed by atoms with Crippen LogP contribution < -0.4 is 0 Å². The topological polar surface area (TPSA) is 9.86 Å². The van der Waals surface area contributed by atoms with Crippen LogP contribution in [0.1, 0.15) is 18.4 Å². The maximum absolute atomic E-state index is 2.46. The zero-order valence-electron chi connectivity index (χ0n) is 34.2. The highest BCUT2D eigenvalue weighted by atomic mass is 15.0. The lowest BCUT2D eigenvalue weighted by Gasteiger charge is -2.13. The van der Waals surface area contributed by atoms with Crippen LogP contribution >= 0.6 is 0 Å². The third-order valence-electron chi connectivity index (χ3n) is 12.8. The average molecular weight is 791 g/mol. The summed E-state index contributed by atoms with van der Waals surface area (Å²) in [6.45, 7) is 0. The molecule has 0 unspecified atom stereocenters. The first-order chi connectivity index (χ1) is 30.8. The van der Waals surface area contributed by atoms with E-state index in [0.29, 0.717) is 0 Å². The summed E-state index contributed by atoms with van der Waals surface area (Å²) in [5.74, 6) is 0. The number of rotatable bonds is 7. The quantitative estimate of drug-likeness (QED) is 0.152. The van der Waals surface area contributed by atoms with Crippen molar-refractivity contribution in [2.75, 3.05) is 0 Å². The molecule has 292 valence electrons. The van der Waals surface area contributed by atoms with E-state index in [9.17, 15) is 0 Å². The molecule has 0 saturated carbocycles. The maximum Gasteiger partial charge on any atom is 0.0547 e. The normalized spacial score (nSPS) is 12.7. The summed E-state index contributed by atoms with van der Waals surface area (Å²) >= 11 is 0. The van der Waals surface area contributed by atoms with Gasteiger partial charge >= 0.3 is 0 Å². The maximum atomic E-state index is 2.46. The second kappa shape index (κ2) is 15.0. The monoisotopic (exact) mass is 790 g/mol. The van der Waals surface area contributed by atoms with E-state index in [4.69, 9.17) is 0 Å². The Balaban J connectivity index is 0.965. The number of hydrogen-bond acceptors (Lipinski definition) is 0. The summed E-state index contributed by atoms with van der Waals surface area (Å²) in [6, 6.07) is 77.9. The molecule has 2 aromatic heterocycles. The molecular formula is C60H42N2. The second-order valence-electron chi connectivity index (χ2n) is 16.4. The molecule has 0 radical (unpaired) electrons. The van der Waals surface area contributed by atoms with E-state index in [-0.39, 0.29) is 0 Å². The molecule has 0 amide bonds. The number of benzene rings is 9. The van der Waals surface area contributed by atoms with E-state index in [0.717, 1.165) is 24.2 Å². The fourth-order valence-corrected chi connectivity index (χ4v) is 9.87. The van der Waals surface area contributed by atoms with Gasteiger partial charge in [0.1, 0.15) is 0 Å². The van der Waals surface area contributed by atoms with Crippen molar-refractivity contribution in [1.29, 1.82) is 0 Å². The van der Waals surface area contributed by atoms with Crippen molar-refractivity contribution in [3.63, 3.8) is 0 Å². The summed E-state index contributed by atoms with van der Waals surface area (Å²) in [7, 11) is 0. The molecule has 0 saturated heterocycles. The molecule has 2 heteroatoms. The number of hydrogen-bond donors (Lipinski definition) is 0. The predicted octanol–water partition coefficient (Wildman–Crippen LogP) is 16.3. The minimum absolute atomic E-state index is 1.06. The second-order valence-corrected chi connectivity index (χ2v) is 16.4. The van der Waals surface area contributed by atoms with E-state index in [2.05, 4.69) is 240 Å². The Hall–Kier alpha value is -7.94. The van der Waals surface area contributed by atoms with Crippen molar-refractivity contribution in [3.05, 3.63) is 236 Å². The van der Waals surface area contributed by atoms with Crippen LogP contribution in [0.3, 0.4) is 0 Å². The van der Waals surface area contributed by atoms with Crippen LogP contribution in [0.15, 0.2) is 231 Å². The van der Waals surface area contributed by atoms with Gasteiger partial charge in [0.15, 0.2) is 0 Å². The fourth-order valence-electron chi connectivity index (χ4n) is 9.87. The molecule has 2 heterocycles. The van der Waals surface area contributed by atoms with Crippen LogP contribution in [-0.4, -0.2) is 9.13 Å². The van der Waals surface area contributed by atoms with Gasteiger partial charge in [-0.3, -0.25) is 0 Å². The van der Waals surface area contributed by atoms with Crippen molar-refractivity contribution in [2.45, 2.75) is 12.8 Å². The minimum Gasteiger partial charge on any atom is -0.309 e. The Kier molecular flexibility index (Phi) is 8.67. The third-order valence-corrected chi connectivity index (χ3v) is 12.8. The SMILES string of the molecule is C1=CCCC(c2ccc3c4c(-c5ccccc5)cccc4n(-c4ccc(-c5ccc(-n6c7cc(-c8ccccc8)ccc7c7c(-c8ccccc8)cccc76)cc5)cc4)c3c2)=C1. The van der Waals surface area contributed by atoms with Gasteiger partial charge in [-0.1, -0.05) is 182 Å². The highest BCUT2D eigenvalue weighted by Gasteiger charge is 2.20. The molecule has 12 rings (SSSR count). The molecule has 11 aromatic rings. The van der Waals surface area contributed by atoms with Crippen molar-refractivity contribution in [2.24, 2.45) is 0 Å².